The summed E-state index contributed by atoms with van der Waals surface area (Å²) in [4.78, 5) is 26.3. The first-order valence-corrected chi connectivity index (χ1v) is 9.22. The summed E-state index contributed by atoms with van der Waals surface area (Å²) in [6, 6.07) is 12.4. The van der Waals surface area contributed by atoms with E-state index >= 15 is 0 Å². The van der Waals surface area contributed by atoms with E-state index in [9.17, 15) is 9.59 Å². The number of carbonyl (C=O) groups excluding carboxylic acids is 2. The lowest BCUT2D eigenvalue weighted by molar-refractivity contribution is -0.145. The molecule has 2 amide bonds. The minimum atomic E-state index is -0.834. The van der Waals surface area contributed by atoms with Crippen molar-refractivity contribution in [2.24, 2.45) is 0 Å². The van der Waals surface area contributed by atoms with E-state index in [1.54, 1.807) is 0 Å². The summed E-state index contributed by atoms with van der Waals surface area (Å²) in [7, 11) is 0. The second-order valence-electron chi connectivity index (χ2n) is 8.25. The van der Waals surface area contributed by atoms with Crippen LogP contribution in [0.1, 0.15) is 33.4 Å². The number of benzene rings is 2. The van der Waals surface area contributed by atoms with Crippen molar-refractivity contribution in [2.45, 2.75) is 50.6 Å². The first-order valence-electron chi connectivity index (χ1n) is 9.22. The third-order valence-electron chi connectivity index (χ3n) is 6.48. The van der Waals surface area contributed by atoms with Crippen molar-refractivity contribution in [2.75, 3.05) is 0 Å². The van der Waals surface area contributed by atoms with Crippen molar-refractivity contribution >= 4 is 11.8 Å². The average Bonchev–Trinajstić information content (AvgIpc) is 3.13. The summed E-state index contributed by atoms with van der Waals surface area (Å²) in [5.41, 5.74) is 5.45. The fourth-order valence-corrected chi connectivity index (χ4v) is 4.88. The zero-order valence-corrected chi connectivity index (χ0v) is 15.1. The number of carbonyl (C=O) groups is 2. The highest BCUT2D eigenvalue weighted by molar-refractivity contribution is 6.04. The van der Waals surface area contributed by atoms with E-state index in [-0.39, 0.29) is 11.8 Å². The molecule has 1 fully saturated rings. The second kappa shape index (κ2) is 4.97. The summed E-state index contributed by atoms with van der Waals surface area (Å²) in [5.74, 6) is -0.0917. The van der Waals surface area contributed by atoms with Crippen LogP contribution in [0.5, 0.6) is 0 Å². The highest BCUT2D eigenvalue weighted by Gasteiger charge is 2.57. The maximum atomic E-state index is 13.2. The molecular weight excluding hydrogens is 324 g/mol. The molecule has 1 saturated heterocycles. The van der Waals surface area contributed by atoms with Crippen LogP contribution in [-0.2, 0) is 35.3 Å². The van der Waals surface area contributed by atoms with E-state index in [2.05, 4.69) is 36.6 Å². The van der Waals surface area contributed by atoms with E-state index in [0.29, 0.717) is 25.7 Å². The minimum absolute atomic E-state index is 0.0450. The quantitative estimate of drug-likeness (QED) is 0.766. The second-order valence-corrected chi connectivity index (χ2v) is 8.25. The fourth-order valence-electron chi connectivity index (χ4n) is 4.88. The first-order chi connectivity index (χ1) is 12.4. The zero-order valence-electron chi connectivity index (χ0n) is 15.1. The first kappa shape index (κ1) is 15.6. The Labute approximate surface area is 153 Å². The molecule has 2 spiro atoms. The molecule has 4 nitrogen and oxygen atoms in total. The van der Waals surface area contributed by atoms with Crippen molar-refractivity contribution < 1.29 is 9.59 Å². The standard InChI is InChI=1S/C22H22N2O2/c1-13-7-17-11-22(12-18(17)8-14(13)2)20(26)23-21(19(25)24-22)9-15-5-3-4-6-16(15)10-21/h3-8H,9-12H2,1-2H3,(H,23,26)(H,24,25). The van der Waals surface area contributed by atoms with Gasteiger partial charge in [0.05, 0.1) is 0 Å². The fraction of sp³-hybridized carbons (Fsp3) is 0.364. The van der Waals surface area contributed by atoms with Gasteiger partial charge in [0, 0.05) is 25.7 Å². The third kappa shape index (κ3) is 2.02. The zero-order chi connectivity index (χ0) is 18.1. The SMILES string of the molecule is Cc1cc2c(cc1C)CC1(C2)NC(=O)C2(Cc3ccccc3C2)NC1=O. The number of hydrogen-bond donors (Lipinski definition) is 2. The van der Waals surface area contributed by atoms with Gasteiger partial charge in [-0.2, -0.15) is 0 Å². The van der Waals surface area contributed by atoms with E-state index in [1.807, 2.05) is 24.3 Å². The molecule has 0 unspecified atom stereocenters. The summed E-state index contributed by atoms with van der Waals surface area (Å²) in [6.07, 6.45) is 2.29. The summed E-state index contributed by atoms with van der Waals surface area (Å²) >= 11 is 0. The number of hydrogen-bond acceptors (Lipinski definition) is 2. The van der Waals surface area contributed by atoms with Crippen LogP contribution in [0.15, 0.2) is 36.4 Å². The van der Waals surface area contributed by atoms with Gasteiger partial charge in [-0.15, -0.1) is 0 Å². The van der Waals surface area contributed by atoms with E-state index in [1.165, 1.54) is 22.3 Å². The smallest absolute Gasteiger partial charge is 0.247 e. The van der Waals surface area contributed by atoms with Crippen LogP contribution >= 0.6 is 0 Å². The lowest BCUT2D eigenvalue weighted by Gasteiger charge is -2.42. The molecule has 1 aliphatic heterocycles. The molecule has 0 aromatic heterocycles. The van der Waals surface area contributed by atoms with Crippen LogP contribution in [0.25, 0.3) is 0 Å². The number of piperazine rings is 1. The Hall–Kier alpha value is -2.62. The van der Waals surface area contributed by atoms with Crippen LogP contribution < -0.4 is 10.6 Å². The molecule has 132 valence electrons. The molecule has 4 heteroatoms. The highest BCUT2D eigenvalue weighted by Crippen LogP contribution is 2.38. The Morgan fingerprint density at radius 2 is 1.08 bits per heavy atom. The largest absolute Gasteiger partial charge is 0.339 e. The van der Waals surface area contributed by atoms with Gasteiger partial charge >= 0.3 is 0 Å². The van der Waals surface area contributed by atoms with Gasteiger partial charge in [0.2, 0.25) is 11.8 Å². The minimum Gasteiger partial charge on any atom is -0.339 e. The van der Waals surface area contributed by atoms with Crippen molar-refractivity contribution in [1.82, 2.24) is 10.6 Å². The molecule has 0 atom stereocenters. The van der Waals surface area contributed by atoms with E-state index in [0.717, 1.165) is 11.1 Å². The summed E-state index contributed by atoms with van der Waals surface area (Å²) in [6.45, 7) is 4.18. The van der Waals surface area contributed by atoms with Crippen LogP contribution in [0.2, 0.25) is 0 Å². The van der Waals surface area contributed by atoms with Crippen molar-refractivity contribution in [1.29, 1.82) is 0 Å². The molecule has 26 heavy (non-hydrogen) atoms. The van der Waals surface area contributed by atoms with Crippen molar-refractivity contribution in [3.05, 3.63) is 69.8 Å². The summed E-state index contributed by atoms with van der Waals surface area (Å²) in [5, 5.41) is 6.28. The Bertz CT molecular complexity index is 920. The van der Waals surface area contributed by atoms with Crippen LogP contribution in [0.3, 0.4) is 0 Å². The maximum absolute atomic E-state index is 13.2. The molecular formula is C22H22N2O2. The molecule has 3 aliphatic rings. The number of fused-ring (bicyclic) bond motifs is 2. The molecule has 5 rings (SSSR count). The molecule has 2 aliphatic carbocycles. The number of aryl methyl sites for hydroxylation is 2. The normalized spacial score (nSPS) is 21.5. The predicted molar refractivity (Wildman–Crippen MR) is 98.9 cm³/mol. The molecule has 0 bridgehead atoms. The molecule has 1 heterocycles. The van der Waals surface area contributed by atoms with Gasteiger partial charge in [0.25, 0.3) is 0 Å². The Kier molecular flexibility index (Phi) is 2.98. The molecule has 0 radical (unpaired) electrons. The maximum Gasteiger partial charge on any atom is 0.247 e. The molecule has 2 N–H and O–H groups in total. The number of amides is 2. The van der Waals surface area contributed by atoms with E-state index < -0.39 is 11.1 Å². The van der Waals surface area contributed by atoms with Gasteiger partial charge in [-0.1, -0.05) is 36.4 Å². The van der Waals surface area contributed by atoms with Gasteiger partial charge in [0.1, 0.15) is 11.1 Å². The monoisotopic (exact) mass is 346 g/mol. The van der Waals surface area contributed by atoms with Crippen molar-refractivity contribution in [3.63, 3.8) is 0 Å². The van der Waals surface area contributed by atoms with Gasteiger partial charge in [-0.05, 0) is 47.2 Å². The molecule has 0 saturated carbocycles. The van der Waals surface area contributed by atoms with E-state index in [4.69, 9.17) is 0 Å². The number of nitrogens with one attached hydrogen (secondary N) is 2. The predicted octanol–water partition coefficient (Wildman–Crippen LogP) is 1.92. The Morgan fingerprint density at radius 1 is 0.692 bits per heavy atom. The van der Waals surface area contributed by atoms with Gasteiger partial charge in [-0.25, -0.2) is 0 Å². The average molecular weight is 346 g/mol. The number of rotatable bonds is 0. The van der Waals surface area contributed by atoms with Crippen LogP contribution in [0, 0.1) is 13.8 Å². The third-order valence-corrected chi connectivity index (χ3v) is 6.48. The molecule has 2 aromatic carbocycles. The topological polar surface area (TPSA) is 58.2 Å². The lowest BCUT2D eigenvalue weighted by Crippen LogP contribution is -2.75. The lowest BCUT2D eigenvalue weighted by atomic mass is 9.83. The van der Waals surface area contributed by atoms with Gasteiger partial charge in [0.15, 0.2) is 0 Å². The van der Waals surface area contributed by atoms with Crippen molar-refractivity contribution in [3.8, 4) is 0 Å². The molecule has 2 aromatic rings. The highest BCUT2D eigenvalue weighted by atomic mass is 16.2. The Balaban J connectivity index is 1.46. The van der Waals surface area contributed by atoms with Gasteiger partial charge in [-0.3, -0.25) is 9.59 Å². The van der Waals surface area contributed by atoms with Crippen LogP contribution in [-0.4, -0.2) is 22.9 Å². The van der Waals surface area contributed by atoms with Gasteiger partial charge < -0.3 is 10.6 Å². The summed E-state index contributed by atoms with van der Waals surface area (Å²) < 4.78 is 0. The Morgan fingerprint density at radius 3 is 1.50 bits per heavy atom. The van der Waals surface area contributed by atoms with Crippen LogP contribution in [0.4, 0.5) is 0 Å².